The minimum Gasteiger partial charge on any atom is -0.456 e. The number of aromatic nitrogens is 1. The average molecular weight is 601 g/mol. The largest absolute Gasteiger partial charge is 0.456 e. The van der Waals surface area contributed by atoms with Crippen molar-refractivity contribution in [2.75, 3.05) is 0 Å². The highest BCUT2D eigenvalue weighted by Crippen LogP contribution is 2.30. The highest BCUT2D eigenvalue weighted by atomic mass is 16.6. The maximum absolute atomic E-state index is 13.3. The first kappa shape index (κ1) is 31.8. The second kappa shape index (κ2) is 12.8. The van der Waals surface area contributed by atoms with Gasteiger partial charge >= 0.3 is 5.97 Å². The second-order valence-electron chi connectivity index (χ2n) is 13.3. The number of hydrogen-bond donors (Lipinski definition) is 1. The third-order valence-corrected chi connectivity index (χ3v) is 8.48. The Kier molecular flexibility index (Phi) is 9.01. The highest BCUT2D eigenvalue weighted by molar-refractivity contribution is 5.99. The van der Waals surface area contributed by atoms with Crippen molar-refractivity contribution in [2.45, 2.75) is 79.5 Å². The zero-order valence-corrected chi connectivity index (χ0v) is 27.7. The van der Waals surface area contributed by atoms with E-state index in [-0.39, 0.29) is 17.9 Å². The number of carbonyl (C=O) groups excluding carboxylic acids is 2. The number of benzene rings is 4. The first-order chi connectivity index (χ1) is 21.3. The van der Waals surface area contributed by atoms with Crippen LogP contribution in [0.15, 0.2) is 91.0 Å². The standard InChI is InChI=1S/C40H44N2O3/c1-25(2)31-12-11-13-32(22-31)27(4)41-38(43)33-20-21-37-36(23-33)26(3)28(5)42(37)24-29-16-18-30(19-17-29)34-14-9-10-15-35(34)39(44)45-40(6,7)8/h9-23,25,27H,24H2,1-8H3,(H,41,43). The molecule has 4 aromatic carbocycles. The van der Waals surface area contributed by atoms with Crippen molar-refractivity contribution in [1.29, 1.82) is 0 Å². The van der Waals surface area contributed by atoms with Crippen LogP contribution < -0.4 is 5.32 Å². The molecule has 5 aromatic rings. The summed E-state index contributed by atoms with van der Waals surface area (Å²) in [6, 6.07) is 30.2. The lowest BCUT2D eigenvalue weighted by molar-refractivity contribution is 0.00703. The van der Waals surface area contributed by atoms with Gasteiger partial charge in [-0.1, -0.05) is 80.6 Å². The molecular weight excluding hydrogens is 556 g/mol. The number of aryl methyl sites for hydroxylation is 1. The van der Waals surface area contributed by atoms with Crippen LogP contribution in [0.1, 0.15) is 102 Å². The molecule has 232 valence electrons. The van der Waals surface area contributed by atoms with Crippen LogP contribution in [0.4, 0.5) is 0 Å². The van der Waals surface area contributed by atoms with E-state index in [0.717, 1.165) is 33.2 Å². The number of fused-ring (bicyclic) bond motifs is 1. The van der Waals surface area contributed by atoms with E-state index in [1.165, 1.54) is 16.8 Å². The number of esters is 1. The molecule has 5 heteroatoms. The molecule has 1 unspecified atom stereocenters. The van der Waals surface area contributed by atoms with Crippen molar-refractivity contribution < 1.29 is 14.3 Å². The fraction of sp³-hybridized carbons (Fsp3) is 0.300. The third-order valence-electron chi connectivity index (χ3n) is 8.48. The van der Waals surface area contributed by atoms with Crippen molar-refractivity contribution in [2.24, 2.45) is 0 Å². The van der Waals surface area contributed by atoms with Crippen molar-refractivity contribution in [1.82, 2.24) is 9.88 Å². The molecule has 0 saturated carbocycles. The molecule has 5 nitrogen and oxygen atoms in total. The second-order valence-corrected chi connectivity index (χ2v) is 13.3. The zero-order chi connectivity index (χ0) is 32.5. The van der Waals surface area contributed by atoms with Crippen LogP contribution in [0.3, 0.4) is 0 Å². The van der Waals surface area contributed by atoms with Crippen LogP contribution in [-0.4, -0.2) is 22.0 Å². The molecule has 0 aliphatic carbocycles. The van der Waals surface area contributed by atoms with E-state index in [9.17, 15) is 9.59 Å². The summed E-state index contributed by atoms with van der Waals surface area (Å²) in [5, 5.41) is 4.27. The molecule has 0 aliphatic rings. The molecule has 1 atom stereocenters. The van der Waals surface area contributed by atoms with Gasteiger partial charge in [-0.3, -0.25) is 4.79 Å². The average Bonchev–Trinajstić information content (AvgIpc) is 3.24. The first-order valence-corrected chi connectivity index (χ1v) is 15.7. The van der Waals surface area contributed by atoms with Gasteiger partial charge in [0.05, 0.1) is 11.6 Å². The van der Waals surface area contributed by atoms with Crippen molar-refractivity contribution in [3.8, 4) is 11.1 Å². The summed E-state index contributed by atoms with van der Waals surface area (Å²) in [7, 11) is 0. The zero-order valence-electron chi connectivity index (χ0n) is 27.7. The summed E-state index contributed by atoms with van der Waals surface area (Å²) in [4.78, 5) is 26.2. The molecule has 0 aliphatic heterocycles. The number of ether oxygens (including phenoxy) is 1. The van der Waals surface area contributed by atoms with Gasteiger partial charge in [-0.05, 0) is 105 Å². The number of amides is 1. The van der Waals surface area contributed by atoms with Crippen LogP contribution in [0.25, 0.3) is 22.0 Å². The highest BCUT2D eigenvalue weighted by Gasteiger charge is 2.21. The molecule has 1 heterocycles. The molecule has 5 rings (SSSR count). The van der Waals surface area contributed by atoms with E-state index in [4.69, 9.17) is 4.74 Å². The molecule has 0 radical (unpaired) electrons. The van der Waals surface area contributed by atoms with Crippen LogP contribution in [0.5, 0.6) is 0 Å². The van der Waals surface area contributed by atoms with Crippen LogP contribution in [-0.2, 0) is 11.3 Å². The number of carbonyl (C=O) groups is 2. The predicted molar refractivity (Wildman–Crippen MR) is 184 cm³/mol. The Morgan fingerprint density at radius 3 is 2.20 bits per heavy atom. The Labute approximate surface area is 267 Å². The Bertz CT molecular complexity index is 1860. The molecule has 45 heavy (non-hydrogen) atoms. The maximum Gasteiger partial charge on any atom is 0.339 e. The molecule has 1 aromatic heterocycles. The lowest BCUT2D eigenvalue weighted by Crippen LogP contribution is -2.26. The molecule has 1 amide bonds. The van der Waals surface area contributed by atoms with E-state index < -0.39 is 5.60 Å². The molecule has 0 spiro atoms. The van der Waals surface area contributed by atoms with Crippen molar-refractivity contribution in [3.05, 3.63) is 130 Å². The van der Waals surface area contributed by atoms with E-state index in [1.54, 1.807) is 0 Å². The SMILES string of the molecule is Cc1c(C)n(Cc2ccc(-c3ccccc3C(=O)OC(C)(C)C)cc2)c2ccc(C(=O)NC(C)c3cccc(C(C)C)c3)cc12. The maximum atomic E-state index is 13.3. The van der Waals surface area contributed by atoms with Gasteiger partial charge in [0.25, 0.3) is 5.91 Å². The van der Waals surface area contributed by atoms with Gasteiger partial charge in [0.15, 0.2) is 0 Å². The summed E-state index contributed by atoms with van der Waals surface area (Å²) in [5.74, 6) is 0.0330. The Hall–Kier alpha value is -4.64. The van der Waals surface area contributed by atoms with E-state index in [0.29, 0.717) is 23.6 Å². The lowest BCUT2D eigenvalue weighted by Gasteiger charge is -2.20. The fourth-order valence-electron chi connectivity index (χ4n) is 5.76. The quantitative estimate of drug-likeness (QED) is 0.180. The van der Waals surface area contributed by atoms with Gasteiger partial charge in [0.2, 0.25) is 0 Å². The van der Waals surface area contributed by atoms with Gasteiger partial charge in [-0.15, -0.1) is 0 Å². The van der Waals surface area contributed by atoms with E-state index in [1.807, 2.05) is 64.1 Å². The fourth-order valence-corrected chi connectivity index (χ4v) is 5.76. The minimum absolute atomic E-state index is 0.0774. The summed E-state index contributed by atoms with van der Waals surface area (Å²) >= 11 is 0. The van der Waals surface area contributed by atoms with E-state index in [2.05, 4.69) is 92.2 Å². The predicted octanol–water partition coefficient (Wildman–Crippen LogP) is 9.54. The number of rotatable bonds is 8. The first-order valence-electron chi connectivity index (χ1n) is 15.7. The minimum atomic E-state index is -0.563. The molecular formula is C40H44N2O3. The van der Waals surface area contributed by atoms with Gasteiger partial charge in [-0.25, -0.2) is 4.79 Å². The summed E-state index contributed by atoms with van der Waals surface area (Å²) in [6.45, 7) is 17.0. The topological polar surface area (TPSA) is 60.3 Å². The summed E-state index contributed by atoms with van der Waals surface area (Å²) in [5.41, 5.74) is 9.41. The van der Waals surface area contributed by atoms with Gasteiger partial charge in [-0.2, -0.15) is 0 Å². The van der Waals surface area contributed by atoms with Gasteiger partial charge < -0.3 is 14.6 Å². The van der Waals surface area contributed by atoms with E-state index >= 15 is 0 Å². The summed E-state index contributed by atoms with van der Waals surface area (Å²) < 4.78 is 7.95. The van der Waals surface area contributed by atoms with Gasteiger partial charge in [0, 0.05) is 28.7 Å². The van der Waals surface area contributed by atoms with Gasteiger partial charge in [0.1, 0.15) is 5.60 Å². The number of nitrogens with one attached hydrogen (secondary N) is 1. The monoisotopic (exact) mass is 600 g/mol. The Balaban J connectivity index is 1.35. The molecule has 1 N–H and O–H groups in total. The number of hydrogen-bond acceptors (Lipinski definition) is 3. The normalized spacial score (nSPS) is 12.4. The molecule has 0 fully saturated rings. The molecule has 0 saturated heterocycles. The Morgan fingerprint density at radius 2 is 1.51 bits per heavy atom. The van der Waals surface area contributed by atoms with Crippen molar-refractivity contribution >= 4 is 22.8 Å². The Morgan fingerprint density at radius 1 is 0.822 bits per heavy atom. The lowest BCUT2D eigenvalue weighted by atomic mass is 9.98. The molecule has 0 bridgehead atoms. The van der Waals surface area contributed by atoms with Crippen molar-refractivity contribution in [3.63, 3.8) is 0 Å². The van der Waals surface area contributed by atoms with Crippen LogP contribution in [0.2, 0.25) is 0 Å². The van der Waals surface area contributed by atoms with Crippen LogP contribution >= 0.6 is 0 Å². The number of nitrogens with zero attached hydrogens (tertiary/aromatic N) is 1. The smallest absolute Gasteiger partial charge is 0.339 e. The third kappa shape index (κ3) is 7.04. The van der Waals surface area contributed by atoms with Crippen LogP contribution in [0, 0.1) is 13.8 Å². The summed E-state index contributed by atoms with van der Waals surface area (Å²) in [6.07, 6.45) is 0.